The van der Waals surface area contributed by atoms with E-state index >= 15 is 0 Å². The van der Waals surface area contributed by atoms with E-state index in [1.165, 1.54) is 45.1 Å². The molecule has 4 rings (SSSR count). The number of aliphatic hydroxyl groups is 1. The van der Waals surface area contributed by atoms with E-state index < -0.39 is 12.8 Å². The summed E-state index contributed by atoms with van der Waals surface area (Å²) in [5.74, 6) is 2.38. The van der Waals surface area contributed by atoms with E-state index in [9.17, 15) is 9.50 Å². The molecule has 2 fully saturated rings. The second kappa shape index (κ2) is 8.62. The molecular weight excluding hydrogens is 343 g/mol. The highest BCUT2D eigenvalue weighted by molar-refractivity contribution is 5.20. The molecule has 2 aliphatic heterocycles. The molecule has 6 atom stereocenters. The minimum absolute atomic E-state index is 0.0691. The molecule has 4 unspecified atom stereocenters. The summed E-state index contributed by atoms with van der Waals surface area (Å²) in [6, 6.07) is 1.83. The van der Waals surface area contributed by atoms with Gasteiger partial charge in [-0.1, -0.05) is 11.6 Å². The lowest BCUT2D eigenvalue weighted by Gasteiger charge is -2.45. The van der Waals surface area contributed by atoms with Crippen molar-refractivity contribution in [1.82, 2.24) is 10.2 Å². The fourth-order valence-electron chi connectivity index (χ4n) is 5.70. The van der Waals surface area contributed by atoms with Crippen LogP contribution in [0.1, 0.15) is 51.4 Å². The molecule has 27 heavy (non-hydrogen) atoms. The molecule has 2 heterocycles. The summed E-state index contributed by atoms with van der Waals surface area (Å²) in [6.07, 6.45) is 13.2. The van der Waals surface area contributed by atoms with Crippen molar-refractivity contribution < 1.29 is 14.2 Å². The highest BCUT2D eigenvalue weighted by Crippen LogP contribution is 2.39. The van der Waals surface area contributed by atoms with Gasteiger partial charge in [0.25, 0.3) is 0 Å². The number of hydrogen-bond donors (Lipinski definition) is 2. The molecule has 4 aliphatic rings. The maximum atomic E-state index is 12.4. The van der Waals surface area contributed by atoms with Crippen molar-refractivity contribution in [3.63, 3.8) is 0 Å². The molecule has 2 aliphatic carbocycles. The van der Waals surface area contributed by atoms with Gasteiger partial charge in [0.05, 0.1) is 5.76 Å². The van der Waals surface area contributed by atoms with Gasteiger partial charge in [0.2, 0.25) is 0 Å². The zero-order chi connectivity index (χ0) is 18.8. The quantitative estimate of drug-likeness (QED) is 0.722. The van der Waals surface area contributed by atoms with Crippen LogP contribution in [0.25, 0.3) is 0 Å². The van der Waals surface area contributed by atoms with E-state index in [4.69, 9.17) is 4.74 Å². The third kappa shape index (κ3) is 4.41. The molecule has 152 valence electrons. The number of piperidine rings is 2. The van der Waals surface area contributed by atoms with E-state index in [0.29, 0.717) is 18.0 Å². The number of allylic oxidation sites excluding steroid dienone is 1. The predicted molar refractivity (Wildman–Crippen MR) is 105 cm³/mol. The number of fused-ring (bicyclic) bond motifs is 2. The lowest BCUT2D eigenvalue weighted by molar-refractivity contribution is 0.0439. The fourth-order valence-corrected chi connectivity index (χ4v) is 5.70. The Morgan fingerprint density at radius 3 is 2.96 bits per heavy atom. The van der Waals surface area contributed by atoms with Crippen molar-refractivity contribution in [3.8, 4) is 0 Å². The highest BCUT2D eigenvalue weighted by Gasteiger charge is 2.37. The Morgan fingerprint density at radius 1 is 1.22 bits per heavy atom. The van der Waals surface area contributed by atoms with Crippen molar-refractivity contribution >= 4 is 0 Å². The molecule has 0 spiro atoms. The summed E-state index contributed by atoms with van der Waals surface area (Å²) in [4.78, 5) is 2.57. The van der Waals surface area contributed by atoms with Crippen molar-refractivity contribution in [2.75, 3.05) is 26.9 Å². The van der Waals surface area contributed by atoms with Crippen molar-refractivity contribution in [3.05, 3.63) is 23.5 Å². The van der Waals surface area contributed by atoms with Crippen LogP contribution in [0.15, 0.2) is 23.5 Å². The Hall–Kier alpha value is -0.910. The summed E-state index contributed by atoms with van der Waals surface area (Å²) in [5.41, 5.74) is 1.65. The molecule has 0 bridgehead atoms. The molecule has 0 radical (unpaired) electrons. The summed E-state index contributed by atoms with van der Waals surface area (Å²) in [7, 11) is 2.29. The van der Waals surface area contributed by atoms with Gasteiger partial charge >= 0.3 is 0 Å². The number of halogens is 1. The van der Waals surface area contributed by atoms with E-state index in [1.807, 2.05) is 0 Å². The topological polar surface area (TPSA) is 44.7 Å². The number of nitrogens with zero attached hydrogens (tertiary/aromatic N) is 1. The molecule has 4 nitrogen and oxygen atoms in total. The smallest absolute Gasteiger partial charge is 0.119 e. The molecule has 0 aromatic rings. The minimum atomic E-state index is -1.00. The molecule has 2 saturated heterocycles. The molecule has 0 saturated carbocycles. The van der Waals surface area contributed by atoms with E-state index in [0.717, 1.165) is 30.6 Å². The van der Waals surface area contributed by atoms with Crippen molar-refractivity contribution in [1.29, 1.82) is 0 Å². The fraction of sp³-hybridized carbons (Fsp3) is 0.818. The lowest BCUT2D eigenvalue weighted by Crippen LogP contribution is -2.51. The first-order valence-corrected chi connectivity index (χ1v) is 10.8. The van der Waals surface area contributed by atoms with Gasteiger partial charge in [0.1, 0.15) is 19.4 Å². The zero-order valence-electron chi connectivity index (χ0n) is 16.6. The van der Waals surface area contributed by atoms with Gasteiger partial charge < -0.3 is 20.1 Å². The first-order chi connectivity index (χ1) is 13.1. The maximum absolute atomic E-state index is 12.4. The molecule has 0 aromatic carbocycles. The first-order valence-electron chi connectivity index (χ1n) is 10.8. The summed E-state index contributed by atoms with van der Waals surface area (Å²) in [6.45, 7) is 0.587. The number of ether oxygens (including phenoxy) is 1. The van der Waals surface area contributed by atoms with Crippen LogP contribution in [-0.4, -0.2) is 61.1 Å². The third-order valence-electron chi connectivity index (χ3n) is 7.28. The lowest BCUT2D eigenvalue weighted by atomic mass is 9.73. The monoisotopic (exact) mass is 378 g/mol. The van der Waals surface area contributed by atoms with Gasteiger partial charge in [-0.25, -0.2) is 4.39 Å². The standard InChI is InChI=1S/C22H35FN2O2/c1-25-10-2-3-17-11-15(5-9-22(17)25)20-7-4-16-12-19(6-8-21(16)24-20)27-14-18(26)13-23/h5-6,16-18,20-22,24,26H,2-4,7-14H2,1H3/t16-,17-,18?,20?,21?,22?/m1/s1. The average molecular weight is 379 g/mol. The number of aliphatic hydroxyl groups excluding tert-OH is 1. The number of rotatable bonds is 5. The summed E-state index contributed by atoms with van der Waals surface area (Å²) < 4.78 is 18.0. The normalized spacial score (nSPS) is 38.3. The van der Waals surface area contributed by atoms with E-state index in [-0.39, 0.29) is 6.61 Å². The third-order valence-corrected chi connectivity index (χ3v) is 7.28. The van der Waals surface area contributed by atoms with Crippen LogP contribution in [0, 0.1) is 11.8 Å². The van der Waals surface area contributed by atoms with Crippen LogP contribution in [0.3, 0.4) is 0 Å². The van der Waals surface area contributed by atoms with E-state index in [2.05, 4.69) is 29.4 Å². The second-order valence-electron chi connectivity index (χ2n) is 9.06. The van der Waals surface area contributed by atoms with Crippen LogP contribution in [0.2, 0.25) is 0 Å². The van der Waals surface area contributed by atoms with Gasteiger partial charge in [-0.3, -0.25) is 0 Å². The van der Waals surface area contributed by atoms with Gasteiger partial charge in [0.15, 0.2) is 0 Å². The van der Waals surface area contributed by atoms with Crippen molar-refractivity contribution in [2.24, 2.45) is 11.8 Å². The Morgan fingerprint density at radius 2 is 2.11 bits per heavy atom. The highest BCUT2D eigenvalue weighted by atomic mass is 19.1. The first kappa shape index (κ1) is 19.4. The SMILES string of the molecule is CN1CCC[C@@H]2CC(C3CC[C@@H]4CC(OCC(O)CF)=CCC4N3)=CCC21. The minimum Gasteiger partial charge on any atom is -0.495 e. The van der Waals surface area contributed by atoms with Crippen molar-refractivity contribution in [2.45, 2.75) is 75.6 Å². The largest absolute Gasteiger partial charge is 0.495 e. The Bertz CT molecular complexity index is 579. The average Bonchev–Trinajstić information content (AvgIpc) is 2.71. The molecule has 0 aromatic heterocycles. The van der Waals surface area contributed by atoms with Gasteiger partial charge in [0, 0.05) is 24.5 Å². The van der Waals surface area contributed by atoms with Crippen LogP contribution in [0.4, 0.5) is 4.39 Å². The predicted octanol–water partition coefficient (Wildman–Crippen LogP) is 3.18. The Kier molecular flexibility index (Phi) is 6.20. The van der Waals surface area contributed by atoms with Gasteiger partial charge in [-0.05, 0) is 76.5 Å². The molecule has 5 heteroatoms. The Balaban J connectivity index is 1.32. The van der Waals surface area contributed by atoms with Gasteiger partial charge in [-0.2, -0.15) is 0 Å². The molecule has 2 N–H and O–H groups in total. The Labute approximate surface area is 162 Å². The summed E-state index contributed by atoms with van der Waals surface area (Å²) in [5, 5.41) is 13.3. The second-order valence-corrected chi connectivity index (χ2v) is 9.06. The van der Waals surface area contributed by atoms with Crippen LogP contribution in [-0.2, 0) is 4.74 Å². The maximum Gasteiger partial charge on any atom is 0.119 e. The number of alkyl halides is 1. The summed E-state index contributed by atoms with van der Waals surface area (Å²) >= 11 is 0. The van der Waals surface area contributed by atoms with E-state index in [1.54, 1.807) is 5.57 Å². The number of hydrogen-bond acceptors (Lipinski definition) is 4. The number of likely N-dealkylation sites (tertiary alicyclic amines) is 1. The van der Waals surface area contributed by atoms with Crippen LogP contribution >= 0.6 is 0 Å². The number of nitrogens with one attached hydrogen (secondary N) is 1. The zero-order valence-corrected chi connectivity index (χ0v) is 16.6. The van der Waals surface area contributed by atoms with Crippen LogP contribution < -0.4 is 5.32 Å². The van der Waals surface area contributed by atoms with Gasteiger partial charge in [-0.15, -0.1) is 0 Å². The molecular formula is C22H35FN2O2. The molecule has 0 amide bonds. The van der Waals surface area contributed by atoms with Crippen LogP contribution in [0.5, 0.6) is 0 Å².